The van der Waals surface area contributed by atoms with Gasteiger partial charge in [0.2, 0.25) is 5.91 Å². The maximum absolute atomic E-state index is 12.9. The summed E-state index contributed by atoms with van der Waals surface area (Å²) in [6.45, 7) is 3.07. The predicted molar refractivity (Wildman–Crippen MR) is 111 cm³/mol. The number of rotatable bonds is 8. The number of aliphatic hydroxyl groups excluding tert-OH is 1. The topological polar surface area (TPSA) is 52.6 Å². The van der Waals surface area contributed by atoms with Crippen molar-refractivity contribution in [3.8, 4) is 0 Å². The molecule has 1 aliphatic rings. The number of carbonyl (C=O) groups is 1. The van der Waals surface area contributed by atoms with Crippen molar-refractivity contribution in [2.45, 2.75) is 51.1 Å². The molecule has 1 aromatic heterocycles. The zero-order chi connectivity index (χ0) is 19.1. The summed E-state index contributed by atoms with van der Waals surface area (Å²) >= 11 is 1.66. The van der Waals surface area contributed by atoms with E-state index in [0.717, 1.165) is 23.3 Å². The second kappa shape index (κ2) is 10.0. The summed E-state index contributed by atoms with van der Waals surface area (Å²) < 4.78 is 0. The van der Waals surface area contributed by atoms with Crippen molar-refractivity contribution in [2.24, 2.45) is 0 Å². The van der Waals surface area contributed by atoms with Gasteiger partial charge >= 0.3 is 0 Å². The molecule has 0 aliphatic heterocycles. The van der Waals surface area contributed by atoms with Gasteiger partial charge in [0.1, 0.15) is 0 Å². The van der Waals surface area contributed by atoms with Crippen LogP contribution in [0.2, 0.25) is 0 Å². The highest BCUT2D eigenvalue weighted by atomic mass is 32.1. The van der Waals surface area contributed by atoms with Gasteiger partial charge in [-0.2, -0.15) is 0 Å². The number of hydrogen-bond acceptors (Lipinski definition) is 4. The molecule has 1 amide bonds. The van der Waals surface area contributed by atoms with Crippen LogP contribution in [0.4, 0.5) is 0 Å². The zero-order valence-electron chi connectivity index (χ0n) is 16.1. The summed E-state index contributed by atoms with van der Waals surface area (Å²) in [5.74, 6) is 0.0213. The van der Waals surface area contributed by atoms with Crippen molar-refractivity contribution in [3.05, 3.63) is 57.8 Å². The van der Waals surface area contributed by atoms with Crippen LogP contribution in [0, 0.1) is 6.92 Å². The van der Waals surface area contributed by atoms with Gasteiger partial charge in [-0.3, -0.25) is 9.69 Å². The zero-order valence-corrected chi connectivity index (χ0v) is 16.9. The summed E-state index contributed by atoms with van der Waals surface area (Å²) in [5.41, 5.74) is 2.31. The maximum atomic E-state index is 12.9. The minimum Gasteiger partial charge on any atom is -0.395 e. The van der Waals surface area contributed by atoms with Gasteiger partial charge in [0.25, 0.3) is 0 Å². The number of nitrogens with zero attached hydrogens (tertiary/aromatic N) is 1. The van der Waals surface area contributed by atoms with Crippen LogP contribution >= 0.6 is 11.3 Å². The van der Waals surface area contributed by atoms with Gasteiger partial charge in [0, 0.05) is 17.5 Å². The molecule has 2 N–H and O–H groups in total. The molecular formula is C22H30N2O2S. The van der Waals surface area contributed by atoms with E-state index in [0.29, 0.717) is 19.1 Å². The first kappa shape index (κ1) is 20.1. The number of benzene rings is 1. The Morgan fingerprint density at radius 2 is 1.96 bits per heavy atom. The van der Waals surface area contributed by atoms with E-state index in [1.54, 1.807) is 11.3 Å². The molecule has 1 atom stereocenters. The van der Waals surface area contributed by atoms with Crippen LogP contribution < -0.4 is 5.32 Å². The van der Waals surface area contributed by atoms with Gasteiger partial charge in [0.05, 0.1) is 19.2 Å². The summed E-state index contributed by atoms with van der Waals surface area (Å²) in [7, 11) is 0. The Morgan fingerprint density at radius 1 is 1.22 bits per heavy atom. The highest BCUT2D eigenvalue weighted by Gasteiger charge is 2.24. The SMILES string of the molecule is Cc1ccc(C(NC(=O)CN(CCO)C2CCCCC2)c2cccs2)cc1. The highest BCUT2D eigenvalue weighted by Crippen LogP contribution is 2.27. The van der Waals surface area contributed by atoms with Crippen LogP contribution in [0.1, 0.15) is 54.1 Å². The van der Waals surface area contributed by atoms with Crippen molar-refractivity contribution < 1.29 is 9.90 Å². The number of hydrogen-bond donors (Lipinski definition) is 2. The van der Waals surface area contributed by atoms with Crippen molar-refractivity contribution in [1.82, 2.24) is 10.2 Å². The Kier molecular flexibility index (Phi) is 7.44. The van der Waals surface area contributed by atoms with Crippen LogP contribution in [0.3, 0.4) is 0 Å². The molecule has 1 unspecified atom stereocenters. The molecule has 146 valence electrons. The third kappa shape index (κ3) is 5.64. The third-order valence-electron chi connectivity index (χ3n) is 5.37. The van der Waals surface area contributed by atoms with Gasteiger partial charge in [-0.25, -0.2) is 0 Å². The Labute approximate surface area is 166 Å². The van der Waals surface area contributed by atoms with E-state index in [1.165, 1.54) is 24.8 Å². The molecule has 5 heteroatoms. The van der Waals surface area contributed by atoms with Crippen LogP contribution in [-0.2, 0) is 4.79 Å². The molecule has 3 rings (SSSR count). The Balaban J connectivity index is 1.70. The number of amides is 1. The molecule has 1 saturated carbocycles. The van der Waals surface area contributed by atoms with Crippen molar-refractivity contribution >= 4 is 17.2 Å². The highest BCUT2D eigenvalue weighted by molar-refractivity contribution is 7.10. The van der Waals surface area contributed by atoms with Crippen molar-refractivity contribution in [3.63, 3.8) is 0 Å². The van der Waals surface area contributed by atoms with Crippen molar-refractivity contribution in [1.29, 1.82) is 0 Å². The predicted octanol–water partition coefficient (Wildman–Crippen LogP) is 3.89. The first-order valence-electron chi connectivity index (χ1n) is 9.91. The molecule has 1 aromatic carbocycles. The first-order valence-corrected chi connectivity index (χ1v) is 10.8. The molecule has 27 heavy (non-hydrogen) atoms. The van der Waals surface area contributed by atoms with Crippen LogP contribution in [0.25, 0.3) is 0 Å². The third-order valence-corrected chi connectivity index (χ3v) is 6.31. The lowest BCUT2D eigenvalue weighted by Crippen LogP contribution is -2.45. The second-order valence-corrected chi connectivity index (χ2v) is 8.39. The molecule has 0 bridgehead atoms. The van der Waals surface area contributed by atoms with E-state index < -0.39 is 0 Å². The number of thiophene rings is 1. The number of aliphatic hydroxyl groups is 1. The van der Waals surface area contributed by atoms with Crippen molar-refractivity contribution in [2.75, 3.05) is 19.7 Å². The summed E-state index contributed by atoms with van der Waals surface area (Å²) in [6, 6.07) is 12.7. The molecule has 1 aliphatic carbocycles. The fourth-order valence-electron chi connectivity index (χ4n) is 3.89. The van der Waals surface area contributed by atoms with Gasteiger partial charge in [-0.1, -0.05) is 55.2 Å². The lowest BCUT2D eigenvalue weighted by molar-refractivity contribution is -0.123. The fraction of sp³-hybridized carbons (Fsp3) is 0.500. The summed E-state index contributed by atoms with van der Waals surface area (Å²) in [4.78, 5) is 16.2. The summed E-state index contributed by atoms with van der Waals surface area (Å²) in [5, 5.41) is 14.7. The monoisotopic (exact) mass is 386 g/mol. The Morgan fingerprint density at radius 3 is 2.59 bits per heavy atom. The molecular weight excluding hydrogens is 356 g/mol. The molecule has 1 heterocycles. The van der Waals surface area contributed by atoms with Crippen LogP contribution in [-0.4, -0.2) is 41.7 Å². The van der Waals surface area contributed by atoms with E-state index in [-0.39, 0.29) is 18.6 Å². The fourth-order valence-corrected chi connectivity index (χ4v) is 4.69. The van der Waals surface area contributed by atoms with Gasteiger partial charge in [-0.05, 0) is 36.8 Å². The molecule has 0 saturated heterocycles. The van der Waals surface area contributed by atoms with E-state index >= 15 is 0 Å². The number of aryl methyl sites for hydroxylation is 1. The molecule has 2 aromatic rings. The van der Waals surface area contributed by atoms with E-state index in [9.17, 15) is 9.90 Å². The minimum atomic E-state index is -0.125. The lowest BCUT2D eigenvalue weighted by atomic mass is 9.94. The smallest absolute Gasteiger partial charge is 0.234 e. The summed E-state index contributed by atoms with van der Waals surface area (Å²) in [6.07, 6.45) is 5.97. The minimum absolute atomic E-state index is 0.0213. The lowest BCUT2D eigenvalue weighted by Gasteiger charge is -2.33. The van der Waals surface area contributed by atoms with E-state index in [1.807, 2.05) is 11.4 Å². The Hall–Kier alpha value is -1.69. The Bertz CT molecular complexity index is 694. The number of carbonyl (C=O) groups excluding carboxylic acids is 1. The first-order chi connectivity index (χ1) is 13.2. The normalized spacial score (nSPS) is 16.4. The van der Waals surface area contributed by atoms with Crippen LogP contribution in [0.5, 0.6) is 0 Å². The van der Waals surface area contributed by atoms with Crippen LogP contribution in [0.15, 0.2) is 41.8 Å². The molecule has 4 nitrogen and oxygen atoms in total. The van der Waals surface area contributed by atoms with Gasteiger partial charge in [-0.15, -0.1) is 11.3 Å². The average Bonchev–Trinajstić information content (AvgIpc) is 3.22. The average molecular weight is 387 g/mol. The maximum Gasteiger partial charge on any atom is 0.234 e. The van der Waals surface area contributed by atoms with E-state index in [2.05, 4.69) is 47.5 Å². The van der Waals surface area contributed by atoms with Gasteiger partial charge in [0.15, 0.2) is 0 Å². The molecule has 0 spiro atoms. The molecule has 0 radical (unpaired) electrons. The number of nitrogens with one attached hydrogen (secondary N) is 1. The van der Waals surface area contributed by atoms with Gasteiger partial charge < -0.3 is 10.4 Å². The second-order valence-electron chi connectivity index (χ2n) is 7.41. The van der Waals surface area contributed by atoms with E-state index in [4.69, 9.17) is 0 Å². The largest absolute Gasteiger partial charge is 0.395 e. The molecule has 1 fully saturated rings. The standard InChI is InChI=1S/C22H30N2O2S/c1-17-9-11-18(12-10-17)22(20-8-5-15-27-20)23-21(26)16-24(13-14-25)19-6-3-2-4-7-19/h5,8-12,15,19,22,25H,2-4,6-7,13-14,16H2,1H3,(H,23,26). The quantitative estimate of drug-likeness (QED) is 0.724.